The SMILES string of the molecule is C.CC(C)[C@H](N)/C(F)=C/[C@@H](CCCNC(N)=O)C(=O)Nc1ccc(CO)cc1.CC(C)[C@H](NC(=O)CCCCCN1C(=O)C=CC1=O)/C(F)=C/[C@@H](CCCNC(N)=O)C(=O)Nc1ccc(CO)cc1.CC(C)[C@H](NC(=O)CCCCCN1C(=O)C=CC1=O)/C(F)=C/[C@@H](CCCNC(N)=O)C(=O)Nc1ccc(COC(=O)Oc2ccc([N+](=O)[O-])cc2)cc1.O=C(CCCCCN1C(=O)C=CC1=O)ON1C(=O)CCC1=O. The zero-order valence-electron chi connectivity index (χ0n) is 80.6. The summed E-state index contributed by atoms with van der Waals surface area (Å²) in [6.07, 6.45) is 17.0. The molecule has 4 aliphatic heterocycles. The number of nitro groups is 1. The van der Waals surface area contributed by atoms with Crippen molar-refractivity contribution in [1.29, 1.82) is 0 Å². The molecule has 45 heteroatoms. The molecule has 0 radical (unpaired) electrons. The molecule has 784 valence electrons. The Kier molecular flexibility index (Phi) is 54.1. The molecular weight excluding hydrogens is 1880 g/mol. The number of hydroxylamine groups is 2. The van der Waals surface area contributed by atoms with E-state index in [0.29, 0.717) is 123 Å². The van der Waals surface area contributed by atoms with Crippen molar-refractivity contribution >= 4 is 130 Å². The summed E-state index contributed by atoms with van der Waals surface area (Å²) >= 11 is 0. The second-order valence-corrected chi connectivity index (χ2v) is 34.4. The fourth-order valence-electron chi connectivity index (χ4n) is 13.9. The van der Waals surface area contributed by atoms with Crippen molar-refractivity contribution in [2.75, 3.05) is 55.2 Å². The number of hydrogen-bond acceptors (Lipinski definition) is 26. The molecule has 18 N–H and O–H groups in total. The molecule has 1 fully saturated rings. The van der Waals surface area contributed by atoms with E-state index in [-0.39, 0.29) is 181 Å². The summed E-state index contributed by atoms with van der Waals surface area (Å²) in [5.74, 6) is -11.1. The number of hydrogen-bond donors (Lipinski definition) is 14. The number of nitro benzene ring substituents is 1. The van der Waals surface area contributed by atoms with E-state index in [2.05, 4.69) is 42.5 Å². The number of imide groups is 4. The maximum Gasteiger partial charge on any atom is 0.514 e. The zero-order chi connectivity index (χ0) is 106. The highest BCUT2D eigenvalue weighted by Gasteiger charge is 2.35. The van der Waals surface area contributed by atoms with Crippen molar-refractivity contribution in [2.45, 2.75) is 215 Å². The summed E-state index contributed by atoms with van der Waals surface area (Å²) in [4.78, 5) is 231. The van der Waals surface area contributed by atoms with Gasteiger partial charge in [0, 0.05) is 137 Å². The van der Waals surface area contributed by atoms with Gasteiger partial charge < -0.3 is 90.0 Å². The monoisotopic (exact) mass is 2020 g/mol. The third-order valence-electron chi connectivity index (χ3n) is 22.0. The van der Waals surface area contributed by atoms with E-state index < -0.39 is 118 Å². The minimum Gasteiger partial charge on any atom is -0.429 e. The van der Waals surface area contributed by atoms with Gasteiger partial charge in [-0.2, -0.15) is 0 Å². The fraction of sp³-hybridized carbons (Fsp3) is 0.455. The number of amides is 19. The van der Waals surface area contributed by atoms with Crippen LogP contribution in [-0.2, 0) is 96.5 Å². The Balaban J connectivity index is 0.000000421. The van der Waals surface area contributed by atoms with Gasteiger partial charge >= 0.3 is 30.2 Å². The molecule has 0 saturated carbocycles. The van der Waals surface area contributed by atoms with E-state index in [1.54, 1.807) is 114 Å². The van der Waals surface area contributed by atoms with Crippen LogP contribution < -0.4 is 70.2 Å². The first kappa shape index (κ1) is 121. The number of aliphatic hydroxyl groups is 2. The predicted molar refractivity (Wildman–Crippen MR) is 523 cm³/mol. The fourth-order valence-corrected chi connectivity index (χ4v) is 13.9. The summed E-state index contributed by atoms with van der Waals surface area (Å²) in [6, 6.07) is 19.6. The van der Waals surface area contributed by atoms with Gasteiger partial charge in [0.25, 0.3) is 52.9 Å². The predicted octanol–water partition coefficient (Wildman–Crippen LogP) is 10.2. The number of urea groups is 3. The molecule has 4 aromatic rings. The molecule has 0 unspecified atom stereocenters. The molecule has 0 aliphatic carbocycles. The highest BCUT2D eigenvalue weighted by Crippen LogP contribution is 2.28. The van der Waals surface area contributed by atoms with Crippen molar-refractivity contribution in [2.24, 2.45) is 58.4 Å². The summed E-state index contributed by atoms with van der Waals surface area (Å²) < 4.78 is 55.8. The summed E-state index contributed by atoms with van der Waals surface area (Å²) in [5.41, 5.74) is 24.2. The van der Waals surface area contributed by atoms with Gasteiger partial charge in [0.1, 0.15) is 29.8 Å². The lowest BCUT2D eigenvalue weighted by atomic mass is 9.96. The van der Waals surface area contributed by atoms with Gasteiger partial charge in [0.15, 0.2) is 0 Å². The van der Waals surface area contributed by atoms with Gasteiger partial charge in [-0.05, 0) is 178 Å². The average Bonchev–Trinajstić information content (AvgIpc) is 1.68. The van der Waals surface area contributed by atoms with Crippen molar-refractivity contribution in [3.63, 3.8) is 0 Å². The highest BCUT2D eigenvalue weighted by atomic mass is 19.1. The molecule has 42 nitrogen and oxygen atoms in total. The molecule has 4 aliphatic rings. The molecule has 0 bridgehead atoms. The number of carbonyl (C=O) groups excluding carboxylic acids is 18. The number of nitrogens with one attached hydrogen (secondary N) is 8. The molecule has 4 heterocycles. The first-order valence-corrected chi connectivity index (χ1v) is 46.7. The van der Waals surface area contributed by atoms with E-state index in [1.807, 2.05) is 0 Å². The summed E-state index contributed by atoms with van der Waals surface area (Å²) in [6.45, 7) is 11.6. The standard InChI is InChI=1S/C36H43FN6O10.C29H40FN5O6.C19H29FN4O3.C14H16N2O6.CH4/c1-23(2)33(41-30(44)8-4-3-5-20-42-31(45)17-18-32(42)46)29(37)21-25(7-6-19-39-35(38)48)34(47)40-26-11-9-24(10-12-26)22-52-36(49)53-28-15-13-27(14-16-28)43(50)51;1-19(2)27(34-24(37)8-4-3-5-16-35-25(38)13-14-26(35)39)23(30)17-21(7-6-15-32-29(31)41)28(40)33-22-11-9-20(18-36)10-12-22;1-12(2)17(21)16(20)10-14(4-3-9-23-19(22)27)18(26)24-15-7-5-13(11-25)6-8-15;17-10-5-6-11(18)15(10)9-3-1-2-4-14(21)22-16-12(19)7-8-13(16)20;/h9-18,21,23,25,33H,3-8,19-20,22H2,1-2H3,(H,40,47)(H,41,44)(H3,38,39,48);9-14,17,19,21,27,36H,3-8,15-16,18H2,1-2H3,(H,33,40)(H,34,37)(H3,31,32,41);5-8,10,12,14,17,25H,3-4,9,11,21H2,1-2H3,(H,24,26)(H3,22,23,27);5-6H,1-4,7-9H2;1H4/b29-21-;23-17-;16-10-;;/t25-,33+;21-,27+;14-,17+;;/m111../s1. The van der Waals surface area contributed by atoms with Gasteiger partial charge in [0.2, 0.25) is 29.5 Å². The van der Waals surface area contributed by atoms with Gasteiger partial charge in [-0.25, -0.2) is 37.1 Å². The van der Waals surface area contributed by atoms with Crippen LogP contribution in [0.1, 0.15) is 194 Å². The molecule has 144 heavy (non-hydrogen) atoms. The van der Waals surface area contributed by atoms with Gasteiger partial charge in [0.05, 0.1) is 54.0 Å². The van der Waals surface area contributed by atoms with Crippen LogP contribution in [-0.4, -0.2) is 199 Å². The molecule has 19 amide bonds. The van der Waals surface area contributed by atoms with Crippen LogP contribution >= 0.6 is 0 Å². The quantitative estimate of drug-likeness (QED) is 0.00488. The van der Waals surface area contributed by atoms with E-state index >= 15 is 8.78 Å². The Hall–Kier alpha value is -15.2. The van der Waals surface area contributed by atoms with Crippen LogP contribution in [0.3, 0.4) is 0 Å². The Labute approximate surface area is 832 Å². The lowest BCUT2D eigenvalue weighted by molar-refractivity contribution is -0.384. The number of aliphatic hydroxyl groups excluding tert-OH is 2. The topological polar surface area (TPSA) is 632 Å². The number of unbranched alkanes of at least 4 members (excludes halogenated alkanes) is 6. The van der Waals surface area contributed by atoms with Gasteiger partial charge in [-0.3, -0.25) is 87.1 Å². The van der Waals surface area contributed by atoms with Crippen LogP contribution in [0, 0.1) is 45.6 Å². The van der Waals surface area contributed by atoms with Crippen LogP contribution in [0.15, 0.2) is 169 Å². The maximum absolute atomic E-state index is 15.8. The highest BCUT2D eigenvalue weighted by molar-refractivity contribution is 6.14. The Morgan fingerprint density at radius 2 is 0.757 bits per heavy atom. The lowest BCUT2D eigenvalue weighted by Gasteiger charge is -2.22. The zero-order valence-corrected chi connectivity index (χ0v) is 80.6. The van der Waals surface area contributed by atoms with Crippen molar-refractivity contribution in [1.82, 2.24) is 46.3 Å². The first-order valence-electron chi connectivity index (χ1n) is 46.7. The average molecular weight is 2020 g/mol. The third kappa shape index (κ3) is 45.2. The third-order valence-corrected chi connectivity index (χ3v) is 22.0. The Morgan fingerprint density at radius 3 is 1.06 bits per heavy atom. The Bertz CT molecular complexity index is 5180. The number of carbonyl (C=O) groups is 18. The minimum absolute atomic E-state index is 0. The summed E-state index contributed by atoms with van der Waals surface area (Å²) in [7, 11) is 0. The van der Waals surface area contributed by atoms with Crippen LogP contribution in [0.5, 0.6) is 5.75 Å². The number of primary amides is 3. The number of non-ortho nitro benzene ring substituents is 1. The molecule has 8 rings (SSSR count). The van der Waals surface area contributed by atoms with Crippen molar-refractivity contribution in [3.05, 3.63) is 196 Å². The molecular formula is C99H132F3N17O25. The number of nitrogens with two attached hydrogens (primary N) is 4. The number of anilines is 3. The molecule has 6 atom stereocenters. The van der Waals surface area contributed by atoms with Crippen LogP contribution in [0.25, 0.3) is 0 Å². The molecule has 0 spiro atoms. The summed E-state index contributed by atoms with van der Waals surface area (Å²) in [5, 5.41) is 50.5. The lowest BCUT2D eigenvalue weighted by Crippen LogP contribution is -2.39. The molecule has 1 saturated heterocycles. The smallest absolute Gasteiger partial charge is 0.429 e. The number of nitrogens with zero attached hydrogens (tertiary/aromatic N) is 5. The van der Waals surface area contributed by atoms with Crippen molar-refractivity contribution in [3.8, 4) is 5.75 Å². The molecule has 0 aromatic heterocycles. The normalized spacial score (nSPS) is 14.6. The van der Waals surface area contributed by atoms with Crippen molar-refractivity contribution < 1.29 is 129 Å². The van der Waals surface area contributed by atoms with Gasteiger partial charge in [-0.1, -0.05) is 105 Å². The van der Waals surface area contributed by atoms with Gasteiger partial charge in [-0.15, -0.1) is 5.06 Å². The van der Waals surface area contributed by atoms with E-state index in [1.165, 1.54) is 72.9 Å². The van der Waals surface area contributed by atoms with Crippen LogP contribution in [0.4, 0.5) is 55.1 Å². The number of benzene rings is 4. The largest absolute Gasteiger partial charge is 0.514 e. The van der Waals surface area contributed by atoms with E-state index in [9.17, 15) is 106 Å². The minimum atomic E-state index is -1.03. The van der Waals surface area contributed by atoms with Crippen LogP contribution in [0.2, 0.25) is 0 Å². The molecule has 4 aromatic carbocycles. The number of halogens is 3. The second kappa shape index (κ2) is 64.3. The first-order chi connectivity index (χ1) is 68.0. The maximum atomic E-state index is 15.8. The number of rotatable bonds is 54. The van der Waals surface area contributed by atoms with E-state index in [4.69, 9.17) is 42.4 Å². The number of ether oxygens (including phenoxy) is 2. The van der Waals surface area contributed by atoms with E-state index in [0.717, 1.165) is 26.3 Å². The Morgan fingerprint density at radius 1 is 0.438 bits per heavy atom. The second-order valence-electron chi connectivity index (χ2n) is 34.4.